The maximum atomic E-state index is 11.7. The SMILES string of the molecule is CCC(NCC(C)C)(C(=O)O)c1cccc(Br)c1. The number of aliphatic carboxylic acids is 1. The molecule has 4 heteroatoms. The molecule has 1 atom stereocenters. The summed E-state index contributed by atoms with van der Waals surface area (Å²) in [6, 6.07) is 7.48. The van der Waals surface area contributed by atoms with Crippen molar-refractivity contribution in [1.29, 1.82) is 0 Å². The van der Waals surface area contributed by atoms with Gasteiger partial charge in [0.15, 0.2) is 0 Å². The van der Waals surface area contributed by atoms with Crippen LogP contribution >= 0.6 is 15.9 Å². The summed E-state index contributed by atoms with van der Waals surface area (Å²) in [5.41, 5.74) is -0.221. The zero-order valence-electron chi connectivity index (χ0n) is 11.0. The van der Waals surface area contributed by atoms with Crippen molar-refractivity contribution in [2.75, 3.05) is 6.54 Å². The third kappa shape index (κ3) is 3.33. The predicted molar refractivity (Wildman–Crippen MR) is 76.6 cm³/mol. The second-order valence-electron chi connectivity index (χ2n) is 4.85. The van der Waals surface area contributed by atoms with Crippen LogP contribution in [0.3, 0.4) is 0 Å². The van der Waals surface area contributed by atoms with Crippen molar-refractivity contribution < 1.29 is 9.90 Å². The first kappa shape index (κ1) is 15.2. The molecule has 1 aromatic carbocycles. The van der Waals surface area contributed by atoms with E-state index in [0.29, 0.717) is 18.9 Å². The van der Waals surface area contributed by atoms with Crippen LogP contribution in [0.5, 0.6) is 0 Å². The van der Waals surface area contributed by atoms with Crippen molar-refractivity contribution >= 4 is 21.9 Å². The number of carbonyl (C=O) groups is 1. The molecule has 1 rings (SSSR count). The highest BCUT2D eigenvalue weighted by Gasteiger charge is 2.38. The normalized spacial score (nSPS) is 14.5. The lowest BCUT2D eigenvalue weighted by Gasteiger charge is -2.31. The average molecular weight is 314 g/mol. The second kappa shape index (κ2) is 6.34. The minimum absolute atomic E-state index is 0.405. The molecule has 0 aliphatic heterocycles. The molecule has 0 bridgehead atoms. The summed E-state index contributed by atoms with van der Waals surface area (Å²) in [6.45, 7) is 6.70. The number of nitrogens with one attached hydrogen (secondary N) is 1. The Kier molecular flexibility index (Phi) is 5.35. The van der Waals surface area contributed by atoms with Crippen LogP contribution < -0.4 is 5.32 Å². The fraction of sp³-hybridized carbons (Fsp3) is 0.500. The smallest absolute Gasteiger partial charge is 0.328 e. The minimum atomic E-state index is -1.01. The lowest BCUT2D eigenvalue weighted by Crippen LogP contribution is -2.50. The maximum absolute atomic E-state index is 11.7. The van der Waals surface area contributed by atoms with Crippen LogP contribution in [0, 0.1) is 5.92 Å². The van der Waals surface area contributed by atoms with Crippen LogP contribution in [0.1, 0.15) is 32.8 Å². The van der Waals surface area contributed by atoms with Crippen LogP contribution in [-0.4, -0.2) is 17.6 Å². The summed E-state index contributed by atoms with van der Waals surface area (Å²) in [5, 5.41) is 12.8. The Morgan fingerprint density at radius 2 is 2.17 bits per heavy atom. The van der Waals surface area contributed by atoms with Crippen LogP contribution in [0.2, 0.25) is 0 Å². The summed E-state index contributed by atoms with van der Waals surface area (Å²) in [4.78, 5) is 11.7. The minimum Gasteiger partial charge on any atom is -0.480 e. The zero-order chi connectivity index (χ0) is 13.8. The van der Waals surface area contributed by atoms with E-state index in [1.165, 1.54) is 0 Å². The Morgan fingerprint density at radius 3 is 2.61 bits per heavy atom. The van der Waals surface area contributed by atoms with Gasteiger partial charge in [-0.1, -0.05) is 48.8 Å². The summed E-state index contributed by atoms with van der Waals surface area (Å²) < 4.78 is 0.894. The average Bonchev–Trinajstić information content (AvgIpc) is 2.29. The summed E-state index contributed by atoms with van der Waals surface area (Å²) >= 11 is 3.39. The van der Waals surface area contributed by atoms with E-state index in [9.17, 15) is 9.90 Å². The summed E-state index contributed by atoms with van der Waals surface area (Å²) in [5.74, 6) is -0.425. The number of carboxylic acids is 1. The molecule has 100 valence electrons. The third-order valence-electron chi connectivity index (χ3n) is 3.02. The van der Waals surface area contributed by atoms with Gasteiger partial charge < -0.3 is 5.11 Å². The van der Waals surface area contributed by atoms with Crippen LogP contribution in [0.25, 0.3) is 0 Å². The molecule has 0 fully saturated rings. The Bertz CT molecular complexity index is 420. The van der Waals surface area contributed by atoms with Gasteiger partial charge in [0.2, 0.25) is 0 Å². The Hall–Kier alpha value is -0.870. The van der Waals surface area contributed by atoms with Gasteiger partial charge in [0.05, 0.1) is 0 Å². The standard InChI is InChI=1S/C14H20BrNO2/c1-4-14(13(17)18,16-9-10(2)3)11-6-5-7-12(15)8-11/h5-8,10,16H,4,9H2,1-3H3,(H,17,18). The van der Waals surface area contributed by atoms with Gasteiger partial charge in [-0.05, 0) is 36.6 Å². The van der Waals surface area contributed by atoms with Crippen molar-refractivity contribution in [3.63, 3.8) is 0 Å². The third-order valence-corrected chi connectivity index (χ3v) is 3.52. The van der Waals surface area contributed by atoms with E-state index in [-0.39, 0.29) is 0 Å². The maximum Gasteiger partial charge on any atom is 0.328 e. The topological polar surface area (TPSA) is 49.3 Å². The van der Waals surface area contributed by atoms with E-state index >= 15 is 0 Å². The molecule has 2 N–H and O–H groups in total. The number of benzene rings is 1. The fourth-order valence-corrected chi connectivity index (χ4v) is 2.31. The molecule has 18 heavy (non-hydrogen) atoms. The number of hydrogen-bond donors (Lipinski definition) is 2. The molecule has 1 aromatic rings. The molecule has 0 aliphatic rings. The number of hydrogen-bond acceptors (Lipinski definition) is 2. The van der Waals surface area contributed by atoms with Gasteiger partial charge in [-0.15, -0.1) is 0 Å². The van der Waals surface area contributed by atoms with E-state index < -0.39 is 11.5 Å². The van der Waals surface area contributed by atoms with Gasteiger partial charge in [-0.25, -0.2) is 4.79 Å². The molecule has 1 unspecified atom stereocenters. The molecule has 0 saturated heterocycles. The van der Waals surface area contributed by atoms with Crippen LogP contribution in [-0.2, 0) is 10.3 Å². The Balaban J connectivity index is 3.14. The van der Waals surface area contributed by atoms with Crippen LogP contribution in [0.4, 0.5) is 0 Å². The molecule has 3 nitrogen and oxygen atoms in total. The predicted octanol–water partition coefficient (Wildman–Crippen LogP) is 3.38. The zero-order valence-corrected chi connectivity index (χ0v) is 12.6. The van der Waals surface area contributed by atoms with Crippen molar-refractivity contribution in [1.82, 2.24) is 5.32 Å². The highest BCUT2D eigenvalue weighted by atomic mass is 79.9. The van der Waals surface area contributed by atoms with Gasteiger partial charge in [0.1, 0.15) is 5.54 Å². The first-order chi connectivity index (χ1) is 8.42. The van der Waals surface area contributed by atoms with Crippen molar-refractivity contribution in [2.24, 2.45) is 5.92 Å². The van der Waals surface area contributed by atoms with Gasteiger partial charge in [-0.2, -0.15) is 0 Å². The highest BCUT2D eigenvalue weighted by Crippen LogP contribution is 2.28. The lowest BCUT2D eigenvalue weighted by molar-refractivity contribution is -0.145. The molecule has 0 amide bonds. The van der Waals surface area contributed by atoms with Gasteiger partial charge in [0, 0.05) is 4.47 Å². The summed E-state index contributed by atoms with van der Waals surface area (Å²) in [7, 11) is 0. The molecule has 0 aromatic heterocycles. The van der Waals surface area contributed by atoms with E-state index in [1.54, 1.807) is 0 Å². The molecular formula is C14H20BrNO2. The first-order valence-electron chi connectivity index (χ1n) is 6.17. The van der Waals surface area contributed by atoms with E-state index in [0.717, 1.165) is 10.0 Å². The Morgan fingerprint density at radius 1 is 1.50 bits per heavy atom. The fourth-order valence-electron chi connectivity index (χ4n) is 1.91. The van der Waals surface area contributed by atoms with Crippen molar-refractivity contribution in [2.45, 2.75) is 32.7 Å². The largest absolute Gasteiger partial charge is 0.480 e. The number of rotatable bonds is 6. The molecule has 0 heterocycles. The summed E-state index contributed by atoms with van der Waals surface area (Å²) in [6.07, 6.45) is 0.505. The van der Waals surface area contributed by atoms with Crippen LogP contribution in [0.15, 0.2) is 28.7 Å². The molecule has 0 spiro atoms. The Labute approximate surface area is 117 Å². The van der Waals surface area contributed by atoms with E-state index in [4.69, 9.17) is 0 Å². The van der Waals surface area contributed by atoms with Gasteiger partial charge >= 0.3 is 5.97 Å². The van der Waals surface area contributed by atoms with Crippen molar-refractivity contribution in [3.8, 4) is 0 Å². The molecule has 0 radical (unpaired) electrons. The first-order valence-corrected chi connectivity index (χ1v) is 6.96. The number of carboxylic acid groups (broad SMARTS) is 1. The monoisotopic (exact) mass is 313 g/mol. The molecule has 0 saturated carbocycles. The quantitative estimate of drug-likeness (QED) is 0.846. The number of halogens is 1. The molecular weight excluding hydrogens is 294 g/mol. The van der Waals surface area contributed by atoms with E-state index in [1.807, 2.05) is 31.2 Å². The van der Waals surface area contributed by atoms with Crippen molar-refractivity contribution in [3.05, 3.63) is 34.3 Å². The van der Waals surface area contributed by atoms with Gasteiger partial charge in [0.25, 0.3) is 0 Å². The molecule has 0 aliphatic carbocycles. The van der Waals surface area contributed by atoms with Gasteiger partial charge in [-0.3, -0.25) is 5.32 Å². The second-order valence-corrected chi connectivity index (χ2v) is 5.76. The highest BCUT2D eigenvalue weighted by molar-refractivity contribution is 9.10. The van der Waals surface area contributed by atoms with E-state index in [2.05, 4.69) is 35.1 Å². The lowest BCUT2D eigenvalue weighted by atomic mass is 9.87.